The van der Waals surface area contributed by atoms with Crippen molar-refractivity contribution in [1.29, 1.82) is 5.26 Å². The first-order valence-corrected chi connectivity index (χ1v) is 5.97. The largest absolute Gasteiger partial charge is 0.449 e. The van der Waals surface area contributed by atoms with Crippen LogP contribution in [0, 0.1) is 18.3 Å². The van der Waals surface area contributed by atoms with E-state index in [-0.39, 0.29) is 0 Å². The van der Waals surface area contributed by atoms with Gasteiger partial charge < -0.3 is 9.73 Å². The number of hydrogen-bond donors (Lipinski definition) is 1. The highest BCUT2D eigenvalue weighted by Crippen LogP contribution is 2.24. The number of nitrogens with zero attached hydrogens (tertiary/aromatic N) is 1. The van der Waals surface area contributed by atoms with Crippen molar-refractivity contribution in [1.82, 2.24) is 0 Å². The molecule has 1 heterocycles. The Balaban J connectivity index is 2.05. The highest BCUT2D eigenvalue weighted by molar-refractivity contribution is 9.10. The summed E-state index contributed by atoms with van der Waals surface area (Å²) in [6.45, 7) is 2.60. The third-order valence-electron chi connectivity index (χ3n) is 2.35. The van der Waals surface area contributed by atoms with Crippen LogP contribution in [0.15, 0.2) is 39.2 Å². The third kappa shape index (κ3) is 2.89. The molecule has 0 aliphatic rings. The smallest absolute Gasteiger partial charge is 0.203 e. The van der Waals surface area contributed by atoms with Gasteiger partial charge in [0.1, 0.15) is 11.8 Å². The van der Waals surface area contributed by atoms with Gasteiger partial charge in [-0.1, -0.05) is 6.07 Å². The number of aryl methyl sites for hydroxylation is 1. The summed E-state index contributed by atoms with van der Waals surface area (Å²) < 4.78 is 6.30. The molecule has 0 fully saturated rings. The molecule has 2 aromatic rings. The van der Waals surface area contributed by atoms with E-state index in [1.807, 2.05) is 31.2 Å². The minimum Gasteiger partial charge on any atom is -0.449 e. The van der Waals surface area contributed by atoms with Crippen LogP contribution in [-0.4, -0.2) is 0 Å². The Morgan fingerprint density at radius 3 is 2.82 bits per heavy atom. The fourth-order valence-corrected chi connectivity index (χ4v) is 2.11. The Labute approximate surface area is 108 Å². The average Bonchev–Trinajstić information content (AvgIpc) is 2.76. The van der Waals surface area contributed by atoms with Crippen LogP contribution >= 0.6 is 15.9 Å². The summed E-state index contributed by atoms with van der Waals surface area (Å²) >= 11 is 3.49. The summed E-state index contributed by atoms with van der Waals surface area (Å²) in [7, 11) is 0. The molecular formula is C13H11BrN2O. The number of nitriles is 1. The van der Waals surface area contributed by atoms with E-state index >= 15 is 0 Å². The number of halogens is 1. The molecule has 0 radical (unpaired) electrons. The van der Waals surface area contributed by atoms with Gasteiger partial charge >= 0.3 is 0 Å². The first-order chi connectivity index (χ1) is 8.19. The van der Waals surface area contributed by atoms with E-state index in [4.69, 9.17) is 9.68 Å². The minimum atomic E-state index is 0.338. The molecule has 0 saturated carbocycles. The molecule has 4 heteroatoms. The van der Waals surface area contributed by atoms with E-state index in [1.54, 1.807) is 12.1 Å². The number of benzene rings is 1. The molecule has 3 nitrogen and oxygen atoms in total. The number of furan rings is 1. The predicted octanol–water partition coefficient (Wildman–Crippen LogP) is 3.83. The van der Waals surface area contributed by atoms with Crippen molar-refractivity contribution in [3.05, 3.63) is 51.9 Å². The van der Waals surface area contributed by atoms with Gasteiger partial charge in [-0.05, 0) is 52.7 Å². The van der Waals surface area contributed by atoms with Crippen LogP contribution in [0.1, 0.15) is 17.1 Å². The maximum atomic E-state index is 8.64. The van der Waals surface area contributed by atoms with Gasteiger partial charge in [0.25, 0.3) is 0 Å². The molecule has 0 spiro atoms. The van der Waals surface area contributed by atoms with E-state index < -0.39 is 0 Å². The second-order valence-corrected chi connectivity index (χ2v) is 4.57. The standard InChI is InChI=1S/C13H11BrN2O/c1-9-2-5-13(12(14)6-9)16-8-11-4-3-10(7-15)17-11/h2-6,16H,8H2,1H3. The van der Waals surface area contributed by atoms with Gasteiger partial charge in [0.2, 0.25) is 5.76 Å². The Hall–Kier alpha value is -1.73. The lowest BCUT2D eigenvalue weighted by Crippen LogP contribution is -1.98. The van der Waals surface area contributed by atoms with Gasteiger partial charge in [-0.3, -0.25) is 0 Å². The summed E-state index contributed by atoms with van der Waals surface area (Å²) in [5.41, 5.74) is 2.21. The Morgan fingerprint density at radius 2 is 2.18 bits per heavy atom. The van der Waals surface area contributed by atoms with E-state index in [0.717, 1.165) is 15.9 Å². The zero-order valence-electron chi connectivity index (χ0n) is 9.33. The highest BCUT2D eigenvalue weighted by Gasteiger charge is 2.03. The number of nitrogens with one attached hydrogen (secondary N) is 1. The summed E-state index contributed by atoms with van der Waals surface area (Å²) in [4.78, 5) is 0. The fraction of sp³-hybridized carbons (Fsp3) is 0.154. The molecule has 0 unspecified atom stereocenters. The van der Waals surface area contributed by atoms with Gasteiger partial charge in [-0.25, -0.2) is 0 Å². The molecule has 86 valence electrons. The topological polar surface area (TPSA) is 49.0 Å². The van der Waals surface area contributed by atoms with E-state index in [1.165, 1.54) is 5.56 Å². The van der Waals surface area contributed by atoms with Crippen molar-refractivity contribution >= 4 is 21.6 Å². The summed E-state index contributed by atoms with van der Waals surface area (Å²) in [5.74, 6) is 1.08. The molecule has 1 aromatic heterocycles. The molecule has 0 bridgehead atoms. The Bertz CT molecular complexity index is 569. The minimum absolute atomic E-state index is 0.338. The predicted molar refractivity (Wildman–Crippen MR) is 69.6 cm³/mol. The quantitative estimate of drug-likeness (QED) is 0.934. The maximum Gasteiger partial charge on any atom is 0.203 e. The zero-order chi connectivity index (χ0) is 12.3. The summed E-state index contributed by atoms with van der Waals surface area (Å²) in [5, 5.41) is 11.9. The van der Waals surface area contributed by atoms with Crippen molar-refractivity contribution in [2.75, 3.05) is 5.32 Å². The molecular weight excluding hydrogens is 280 g/mol. The zero-order valence-corrected chi connectivity index (χ0v) is 10.9. The van der Waals surface area contributed by atoms with Crippen molar-refractivity contribution in [2.24, 2.45) is 0 Å². The monoisotopic (exact) mass is 290 g/mol. The lowest BCUT2D eigenvalue weighted by atomic mass is 10.2. The second-order valence-electron chi connectivity index (χ2n) is 3.71. The highest BCUT2D eigenvalue weighted by atomic mass is 79.9. The molecule has 1 N–H and O–H groups in total. The van der Waals surface area contributed by atoms with Gasteiger partial charge in [-0.15, -0.1) is 0 Å². The van der Waals surface area contributed by atoms with Gasteiger partial charge in [0.15, 0.2) is 0 Å². The van der Waals surface area contributed by atoms with Crippen molar-refractivity contribution in [3.8, 4) is 6.07 Å². The number of rotatable bonds is 3. The summed E-state index contributed by atoms with van der Waals surface area (Å²) in [6, 6.07) is 11.5. The van der Waals surface area contributed by atoms with Crippen LogP contribution < -0.4 is 5.32 Å². The van der Waals surface area contributed by atoms with Gasteiger partial charge in [0, 0.05) is 10.2 Å². The van der Waals surface area contributed by atoms with E-state index in [0.29, 0.717) is 12.3 Å². The van der Waals surface area contributed by atoms with Crippen molar-refractivity contribution in [2.45, 2.75) is 13.5 Å². The van der Waals surface area contributed by atoms with Crippen molar-refractivity contribution < 1.29 is 4.42 Å². The van der Waals surface area contributed by atoms with Crippen LogP contribution in [0.3, 0.4) is 0 Å². The van der Waals surface area contributed by atoms with Crippen LogP contribution in [0.5, 0.6) is 0 Å². The Kier molecular flexibility index (Phi) is 3.50. The average molecular weight is 291 g/mol. The lowest BCUT2D eigenvalue weighted by molar-refractivity contribution is 0.506. The van der Waals surface area contributed by atoms with Crippen LogP contribution in [0.2, 0.25) is 0 Å². The number of anilines is 1. The SMILES string of the molecule is Cc1ccc(NCc2ccc(C#N)o2)c(Br)c1. The molecule has 0 saturated heterocycles. The first kappa shape index (κ1) is 11.7. The van der Waals surface area contributed by atoms with Crippen LogP contribution in [0.25, 0.3) is 0 Å². The second kappa shape index (κ2) is 5.07. The lowest BCUT2D eigenvalue weighted by Gasteiger charge is -2.07. The molecule has 1 aromatic carbocycles. The van der Waals surface area contributed by atoms with Crippen molar-refractivity contribution in [3.63, 3.8) is 0 Å². The van der Waals surface area contributed by atoms with Crippen LogP contribution in [0.4, 0.5) is 5.69 Å². The van der Waals surface area contributed by atoms with E-state index in [9.17, 15) is 0 Å². The molecule has 2 rings (SSSR count). The Morgan fingerprint density at radius 1 is 1.35 bits per heavy atom. The molecule has 0 amide bonds. The summed E-state index contributed by atoms with van der Waals surface area (Å²) in [6.07, 6.45) is 0. The fourth-order valence-electron chi connectivity index (χ4n) is 1.48. The van der Waals surface area contributed by atoms with Gasteiger partial charge in [-0.2, -0.15) is 5.26 Å². The third-order valence-corrected chi connectivity index (χ3v) is 3.01. The first-order valence-electron chi connectivity index (χ1n) is 5.18. The molecule has 17 heavy (non-hydrogen) atoms. The van der Waals surface area contributed by atoms with Crippen LogP contribution in [-0.2, 0) is 6.54 Å². The normalized spacial score (nSPS) is 9.94. The number of hydrogen-bond acceptors (Lipinski definition) is 3. The molecule has 0 aliphatic carbocycles. The van der Waals surface area contributed by atoms with Gasteiger partial charge in [0.05, 0.1) is 6.54 Å². The maximum absolute atomic E-state index is 8.64. The molecule has 0 atom stereocenters. The van der Waals surface area contributed by atoms with E-state index in [2.05, 4.69) is 21.2 Å². The molecule has 0 aliphatic heterocycles.